The maximum Gasteiger partial charge on any atom is 0.323 e. The molecular weight excluding hydrogens is 570 g/mol. The van der Waals surface area contributed by atoms with Crippen LogP contribution in [0.4, 0.5) is 11.4 Å². The molecule has 1 aliphatic heterocycles. The molecule has 1 atom stereocenters. The number of ether oxygens (including phenoxy) is 2. The molecule has 230 valence electrons. The summed E-state index contributed by atoms with van der Waals surface area (Å²) in [4.78, 5) is 19.4. The number of aliphatic hydroxyl groups is 1. The highest BCUT2D eigenvalue weighted by Crippen LogP contribution is 2.25. The Balaban J connectivity index is 1.05. The second kappa shape index (κ2) is 14.0. The Hall–Kier alpha value is -4.00. The Morgan fingerprint density at radius 1 is 1.00 bits per heavy atom. The van der Waals surface area contributed by atoms with Crippen LogP contribution in [0.5, 0.6) is 11.5 Å². The minimum absolute atomic E-state index is 0.104. The summed E-state index contributed by atoms with van der Waals surface area (Å²) in [5.74, 6) is 1.17. The fourth-order valence-corrected chi connectivity index (χ4v) is 6.10. The van der Waals surface area contributed by atoms with Gasteiger partial charge in [-0.25, -0.2) is 13.2 Å². The van der Waals surface area contributed by atoms with E-state index in [2.05, 4.69) is 31.8 Å². The minimum Gasteiger partial charge on any atom is -0.494 e. The normalized spacial score (nSPS) is 15.0. The topological polar surface area (TPSA) is 149 Å². The molecule has 0 saturated carbocycles. The average molecular weight is 610 g/mol. The van der Waals surface area contributed by atoms with E-state index in [0.29, 0.717) is 41.4 Å². The summed E-state index contributed by atoms with van der Waals surface area (Å²) in [6.07, 6.45) is 3.10. The predicted molar refractivity (Wildman–Crippen MR) is 168 cm³/mol. The molecule has 0 aliphatic carbocycles. The molecule has 1 saturated heterocycles. The van der Waals surface area contributed by atoms with Crippen molar-refractivity contribution in [3.63, 3.8) is 0 Å². The van der Waals surface area contributed by atoms with Gasteiger partial charge in [-0.2, -0.15) is 0 Å². The van der Waals surface area contributed by atoms with Crippen LogP contribution in [0.1, 0.15) is 32.6 Å². The molecule has 0 bridgehead atoms. The van der Waals surface area contributed by atoms with Gasteiger partial charge in [0, 0.05) is 37.1 Å². The van der Waals surface area contributed by atoms with Crippen molar-refractivity contribution in [2.75, 3.05) is 42.5 Å². The van der Waals surface area contributed by atoms with Gasteiger partial charge in [-0.3, -0.25) is 4.72 Å². The fourth-order valence-electron chi connectivity index (χ4n) is 5.04. The zero-order valence-corrected chi connectivity index (χ0v) is 25.0. The van der Waals surface area contributed by atoms with Gasteiger partial charge >= 0.3 is 5.69 Å². The van der Waals surface area contributed by atoms with Crippen molar-refractivity contribution in [1.82, 2.24) is 15.3 Å². The molecule has 12 heteroatoms. The number of nitrogens with zero attached hydrogens (tertiary/aromatic N) is 1. The van der Waals surface area contributed by atoms with Crippen LogP contribution in [0.3, 0.4) is 0 Å². The number of H-pyrrole nitrogens is 2. The predicted octanol–water partition coefficient (Wildman–Crippen LogP) is 3.83. The molecule has 4 aromatic rings. The first-order valence-corrected chi connectivity index (χ1v) is 16.1. The van der Waals surface area contributed by atoms with E-state index < -0.39 is 16.1 Å². The largest absolute Gasteiger partial charge is 0.494 e. The number of anilines is 2. The van der Waals surface area contributed by atoms with Crippen LogP contribution in [0.25, 0.3) is 11.0 Å². The van der Waals surface area contributed by atoms with Crippen LogP contribution in [-0.4, -0.2) is 68.5 Å². The molecule has 0 spiro atoms. The molecule has 0 unspecified atom stereocenters. The van der Waals surface area contributed by atoms with Crippen molar-refractivity contribution in [3.8, 4) is 11.5 Å². The minimum atomic E-state index is -3.71. The lowest BCUT2D eigenvalue weighted by molar-refractivity contribution is 0.103. The van der Waals surface area contributed by atoms with E-state index in [1.807, 2.05) is 12.1 Å². The number of imidazole rings is 1. The highest BCUT2D eigenvalue weighted by molar-refractivity contribution is 7.92. The van der Waals surface area contributed by atoms with Gasteiger partial charge in [-0.15, -0.1) is 0 Å². The molecule has 43 heavy (non-hydrogen) atoms. The van der Waals surface area contributed by atoms with Crippen molar-refractivity contribution in [3.05, 3.63) is 77.2 Å². The lowest BCUT2D eigenvalue weighted by Gasteiger charge is -2.34. The number of aromatic nitrogens is 2. The van der Waals surface area contributed by atoms with Crippen molar-refractivity contribution >= 4 is 32.4 Å². The number of benzene rings is 3. The molecule has 11 nitrogen and oxygen atoms in total. The van der Waals surface area contributed by atoms with Gasteiger partial charge in [-0.05, 0) is 79.9 Å². The van der Waals surface area contributed by atoms with Crippen LogP contribution >= 0.6 is 0 Å². The Morgan fingerprint density at radius 2 is 1.74 bits per heavy atom. The Morgan fingerprint density at radius 3 is 2.47 bits per heavy atom. The second-order valence-corrected chi connectivity index (χ2v) is 12.4. The van der Waals surface area contributed by atoms with E-state index in [1.165, 1.54) is 0 Å². The van der Waals surface area contributed by atoms with E-state index in [0.717, 1.165) is 44.5 Å². The zero-order chi connectivity index (χ0) is 30.2. The maximum absolute atomic E-state index is 12.9. The van der Waals surface area contributed by atoms with Crippen molar-refractivity contribution in [2.45, 2.75) is 49.6 Å². The zero-order valence-electron chi connectivity index (χ0n) is 24.2. The summed E-state index contributed by atoms with van der Waals surface area (Å²) in [5, 5.41) is 13.9. The van der Waals surface area contributed by atoms with Crippen LogP contribution in [0, 0.1) is 0 Å². The molecule has 5 rings (SSSR count). The second-order valence-electron chi connectivity index (χ2n) is 10.7. The van der Waals surface area contributed by atoms with E-state index in [4.69, 9.17) is 9.47 Å². The molecule has 3 aromatic carbocycles. The van der Waals surface area contributed by atoms with E-state index in [9.17, 15) is 18.3 Å². The highest BCUT2D eigenvalue weighted by Gasteiger charge is 2.21. The molecule has 2 heterocycles. The first-order chi connectivity index (χ1) is 20.8. The van der Waals surface area contributed by atoms with Crippen LogP contribution in [0.15, 0.2) is 76.4 Å². The Labute approximate surface area is 251 Å². The van der Waals surface area contributed by atoms with Crippen molar-refractivity contribution < 1.29 is 23.0 Å². The number of para-hydroxylation sites is 1. The summed E-state index contributed by atoms with van der Waals surface area (Å²) in [6, 6.07) is 19.5. The number of nitrogens with one attached hydrogen (secondary N) is 4. The number of sulfonamides is 1. The number of piperidine rings is 1. The fraction of sp³-hybridized carbons (Fsp3) is 0.387. The van der Waals surface area contributed by atoms with Gasteiger partial charge in [0.25, 0.3) is 10.0 Å². The molecule has 0 amide bonds. The smallest absolute Gasteiger partial charge is 0.323 e. The third-order valence-electron chi connectivity index (χ3n) is 7.47. The maximum atomic E-state index is 12.9. The molecule has 1 aromatic heterocycles. The Kier molecular flexibility index (Phi) is 9.90. The third kappa shape index (κ3) is 8.09. The van der Waals surface area contributed by atoms with Crippen molar-refractivity contribution in [2.24, 2.45) is 0 Å². The standard InChI is InChI=1S/C31H39N5O6S/c1-2-3-19-41-26-11-13-27(14-12-26)43(39,40)35-23-7-9-24(10-8-23)36-17-15-22(16-18-36)32-20-25(37)21-42-29-6-4-5-28-30(29)34-31(38)33-28/h4-14,22,25,32,35,37H,2-3,15-21H2,1H3,(H2,33,34,38)/t25-/m0/s1. The summed E-state index contributed by atoms with van der Waals surface area (Å²) in [5.41, 5.74) is 2.47. The number of aliphatic hydroxyl groups excluding tert-OH is 1. The Bertz CT molecular complexity index is 1630. The average Bonchev–Trinajstić information content (AvgIpc) is 3.41. The first kappa shape index (κ1) is 30.5. The number of fused-ring (bicyclic) bond motifs is 1. The van der Waals surface area contributed by atoms with Gasteiger partial charge in [0.1, 0.15) is 29.7 Å². The molecule has 5 N–H and O–H groups in total. The van der Waals surface area contributed by atoms with Crippen molar-refractivity contribution in [1.29, 1.82) is 0 Å². The van der Waals surface area contributed by atoms with E-state index >= 15 is 0 Å². The number of rotatable bonds is 14. The number of aromatic amines is 2. The SMILES string of the molecule is CCCCOc1ccc(S(=O)(=O)Nc2ccc(N3CCC(NC[C@H](O)COc4cccc5[nH]c(=O)[nH]c45)CC3)cc2)cc1. The third-order valence-corrected chi connectivity index (χ3v) is 8.86. The summed E-state index contributed by atoms with van der Waals surface area (Å²) in [6.45, 7) is 4.87. The number of hydrogen-bond acceptors (Lipinski definition) is 8. The van der Waals surface area contributed by atoms with E-state index in [-0.39, 0.29) is 23.2 Å². The first-order valence-electron chi connectivity index (χ1n) is 14.7. The van der Waals surface area contributed by atoms with Crippen LogP contribution in [-0.2, 0) is 10.0 Å². The monoisotopic (exact) mass is 609 g/mol. The van der Waals surface area contributed by atoms with Gasteiger partial charge < -0.3 is 34.8 Å². The van der Waals surface area contributed by atoms with Gasteiger partial charge in [0.05, 0.1) is 17.0 Å². The van der Waals surface area contributed by atoms with Crippen LogP contribution < -0.4 is 30.1 Å². The van der Waals surface area contributed by atoms with Gasteiger partial charge in [0.2, 0.25) is 0 Å². The quantitative estimate of drug-likeness (QED) is 0.136. The molecular formula is C31H39N5O6S. The van der Waals surface area contributed by atoms with Gasteiger partial charge in [0.15, 0.2) is 0 Å². The molecule has 1 aliphatic rings. The van der Waals surface area contributed by atoms with E-state index in [1.54, 1.807) is 54.6 Å². The summed E-state index contributed by atoms with van der Waals surface area (Å²) in [7, 11) is -3.71. The summed E-state index contributed by atoms with van der Waals surface area (Å²) < 4.78 is 39.8. The van der Waals surface area contributed by atoms with Gasteiger partial charge in [-0.1, -0.05) is 19.4 Å². The lowest BCUT2D eigenvalue weighted by atomic mass is 10.0. The highest BCUT2D eigenvalue weighted by atomic mass is 32.2. The lowest BCUT2D eigenvalue weighted by Crippen LogP contribution is -2.45. The summed E-state index contributed by atoms with van der Waals surface area (Å²) >= 11 is 0. The van der Waals surface area contributed by atoms with Crippen LogP contribution in [0.2, 0.25) is 0 Å². The number of unbranched alkanes of at least 4 members (excludes halogenated alkanes) is 1. The number of hydrogen-bond donors (Lipinski definition) is 5. The molecule has 1 fully saturated rings. The molecule has 0 radical (unpaired) electrons.